The summed E-state index contributed by atoms with van der Waals surface area (Å²) in [6.45, 7) is 0. The molecule has 2 N–H and O–H groups in total. The maximum atomic E-state index is 13.3. The van der Waals surface area contributed by atoms with E-state index in [9.17, 15) is 13.6 Å². The van der Waals surface area contributed by atoms with Crippen molar-refractivity contribution in [3.8, 4) is 22.7 Å². The second-order valence-corrected chi connectivity index (χ2v) is 7.05. The number of nitrogens with two attached hydrogens (primary N) is 1. The summed E-state index contributed by atoms with van der Waals surface area (Å²) in [5.74, 6) is -0.0177. The van der Waals surface area contributed by atoms with Crippen LogP contribution in [0.2, 0.25) is 0 Å². The number of hydrogen-bond acceptors (Lipinski definition) is 5. The van der Waals surface area contributed by atoms with Crippen LogP contribution in [-0.2, 0) is 5.11 Å². The molecule has 6 nitrogen and oxygen atoms in total. The molecule has 0 aliphatic carbocycles. The number of rotatable bonds is 6. The van der Waals surface area contributed by atoms with Gasteiger partial charge in [-0.3, -0.25) is 14.3 Å². The van der Waals surface area contributed by atoms with Crippen molar-refractivity contribution in [1.82, 2.24) is 14.5 Å². The number of halogens is 2. The first-order chi connectivity index (χ1) is 14.8. The Hall–Kier alpha value is -2.90. The fourth-order valence-electron chi connectivity index (χ4n) is 2.82. The van der Waals surface area contributed by atoms with Gasteiger partial charge in [0.15, 0.2) is 0 Å². The van der Waals surface area contributed by atoms with Crippen LogP contribution in [0.5, 0.6) is 5.75 Å². The van der Waals surface area contributed by atoms with Crippen LogP contribution >= 0.6 is 0 Å². The Morgan fingerprint density at radius 3 is 2.25 bits per heavy atom. The molecule has 0 unspecified atom stereocenters. The van der Waals surface area contributed by atoms with Crippen molar-refractivity contribution in [1.29, 1.82) is 0 Å². The molecule has 12 radical (unpaired) electrons. The summed E-state index contributed by atoms with van der Waals surface area (Å²) >= 11 is 0. The molecule has 32 heavy (non-hydrogen) atoms. The van der Waals surface area contributed by atoms with E-state index in [0.717, 1.165) is 22.9 Å². The van der Waals surface area contributed by atoms with Gasteiger partial charge in [0.25, 0.3) is 12.0 Å². The molecule has 0 aromatic carbocycles. The smallest absolute Gasteiger partial charge is 0.280 e. The van der Waals surface area contributed by atoms with Gasteiger partial charge in [0.05, 0.1) is 41.6 Å². The van der Waals surface area contributed by atoms with Crippen LogP contribution in [0.3, 0.4) is 0 Å². The molecular weight excluding hydrogens is 407 g/mol. The van der Waals surface area contributed by atoms with Gasteiger partial charge in [0, 0.05) is 23.4 Å². The Balaban J connectivity index is 2.18. The molecule has 0 saturated carbocycles. The molecule has 0 saturated heterocycles. The number of aromatic nitrogens is 3. The number of anilines is 1. The molecule has 0 fully saturated rings. The van der Waals surface area contributed by atoms with Crippen LogP contribution in [0, 0.1) is 0 Å². The standard InChI is InChI=1S/C18H10B6F2N4O2/c19-17(20,21)8-1-2-30(15(31)3-8)14-5-9(11(27)6-29-14)10-4-12(16(25)26)28-7-13(10)32-18(22,23)24/h1-7,16H,27H2. The molecule has 3 rings (SSSR count). The summed E-state index contributed by atoms with van der Waals surface area (Å²) in [7, 11) is 33.2. The molecule has 0 aliphatic heterocycles. The summed E-state index contributed by atoms with van der Waals surface area (Å²) in [4.78, 5) is 20.3. The van der Waals surface area contributed by atoms with Gasteiger partial charge in [-0.15, -0.1) is 5.11 Å². The van der Waals surface area contributed by atoms with E-state index < -0.39 is 28.1 Å². The molecule has 0 spiro atoms. The first-order valence-electron chi connectivity index (χ1n) is 8.96. The molecule has 0 amide bonds. The molecule has 3 heterocycles. The molecule has 0 atom stereocenters. The maximum Gasteiger partial charge on any atom is 0.280 e. The highest BCUT2D eigenvalue weighted by molar-refractivity contribution is 6.59. The van der Waals surface area contributed by atoms with Crippen molar-refractivity contribution in [3.05, 3.63) is 64.5 Å². The van der Waals surface area contributed by atoms with Crippen LogP contribution in [0.15, 0.2) is 47.7 Å². The minimum atomic E-state index is -2.89. The number of pyridine rings is 3. The second kappa shape index (κ2) is 8.56. The average Bonchev–Trinajstić information content (AvgIpc) is 2.67. The van der Waals surface area contributed by atoms with Crippen molar-refractivity contribution in [2.24, 2.45) is 0 Å². The van der Waals surface area contributed by atoms with Crippen LogP contribution in [-0.4, -0.2) is 66.9 Å². The first kappa shape index (κ1) is 23.8. The molecule has 0 aliphatic rings. The average molecular weight is 417 g/mol. The highest BCUT2D eigenvalue weighted by Crippen LogP contribution is 2.37. The SMILES string of the molecule is [B]C([B])([B])Oc1cnc(C(F)F)cc1-c1cc(-n2ccc(C([B])([B])[B])cc2=O)ncc1N. The molecular formula is C18H10B6F2N4O2. The topological polar surface area (TPSA) is 83.0 Å². The number of alkyl halides is 2. The Morgan fingerprint density at radius 1 is 1.00 bits per heavy atom. The zero-order valence-electron chi connectivity index (χ0n) is 16.6. The van der Waals surface area contributed by atoms with Crippen molar-refractivity contribution in [2.75, 3.05) is 5.73 Å². The molecule has 3 aromatic heterocycles. The Kier molecular flexibility index (Phi) is 6.35. The van der Waals surface area contributed by atoms with E-state index in [1.54, 1.807) is 0 Å². The second-order valence-electron chi connectivity index (χ2n) is 7.05. The van der Waals surface area contributed by atoms with E-state index in [1.165, 1.54) is 24.5 Å². The fourth-order valence-corrected chi connectivity index (χ4v) is 2.82. The largest absolute Gasteiger partial charge is 0.514 e. The fraction of sp³-hybridized carbons (Fsp3) is 0.167. The van der Waals surface area contributed by atoms with Gasteiger partial charge >= 0.3 is 0 Å². The molecule has 3 aromatic rings. The van der Waals surface area contributed by atoms with E-state index in [-0.39, 0.29) is 33.9 Å². The summed E-state index contributed by atoms with van der Waals surface area (Å²) in [5.41, 5.74) is 5.40. The first-order valence-corrected chi connectivity index (χ1v) is 8.96. The Morgan fingerprint density at radius 2 is 1.69 bits per heavy atom. The number of nitrogen functional groups attached to an aromatic ring is 1. The Bertz CT molecular complexity index is 1210. The number of ether oxygens (including phenoxy) is 1. The summed E-state index contributed by atoms with van der Waals surface area (Å²) < 4.78 is 32.9. The van der Waals surface area contributed by atoms with Crippen LogP contribution < -0.4 is 16.0 Å². The Labute approximate surface area is 190 Å². The van der Waals surface area contributed by atoms with E-state index in [2.05, 4.69) is 9.97 Å². The number of nitrogens with zero attached hydrogens (tertiary/aromatic N) is 3. The summed E-state index contributed by atoms with van der Waals surface area (Å²) in [6, 6.07) is 4.98. The lowest BCUT2D eigenvalue weighted by atomic mass is 9.40. The van der Waals surface area contributed by atoms with Gasteiger partial charge in [-0.2, -0.15) is 0 Å². The van der Waals surface area contributed by atoms with Crippen LogP contribution in [0.25, 0.3) is 16.9 Å². The quantitative estimate of drug-likeness (QED) is 0.568. The minimum Gasteiger partial charge on any atom is -0.514 e. The molecule has 14 heteroatoms. The predicted molar refractivity (Wildman–Crippen MR) is 122 cm³/mol. The van der Waals surface area contributed by atoms with Crippen molar-refractivity contribution < 1.29 is 13.5 Å². The molecule has 146 valence electrons. The van der Waals surface area contributed by atoms with E-state index in [0.29, 0.717) is 0 Å². The van der Waals surface area contributed by atoms with Crippen molar-refractivity contribution in [2.45, 2.75) is 16.8 Å². The van der Waals surface area contributed by atoms with E-state index in [4.69, 9.17) is 57.5 Å². The summed E-state index contributed by atoms with van der Waals surface area (Å²) in [6.07, 6.45) is 0.683. The van der Waals surface area contributed by atoms with Gasteiger partial charge in [0.2, 0.25) is 0 Å². The lowest BCUT2D eigenvalue weighted by Crippen LogP contribution is -2.37. The highest BCUT2D eigenvalue weighted by atomic mass is 19.3. The zero-order valence-corrected chi connectivity index (χ0v) is 16.6. The lowest BCUT2D eigenvalue weighted by Gasteiger charge is -2.25. The van der Waals surface area contributed by atoms with Crippen LogP contribution in [0.4, 0.5) is 14.5 Å². The predicted octanol–water partition coefficient (Wildman–Crippen LogP) is -0.0743. The van der Waals surface area contributed by atoms with E-state index >= 15 is 0 Å². The minimum absolute atomic E-state index is 0.0525. The van der Waals surface area contributed by atoms with Crippen molar-refractivity contribution >= 4 is 52.8 Å². The summed E-state index contributed by atoms with van der Waals surface area (Å²) in [5, 5.41) is -3.84. The normalized spacial score (nSPS) is 12.1. The van der Waals surface area contributed by atoms with Gasteiger partial charge in [-0.25, -0.2) is 13.8 Å². The molecule has 0 bridgehead atoms. The lowest BCUT2D eigenvalue weighted by molar-refractivity contribution is 0.146. The zero-order chi connectivity index (χ0) is 23.8. The number of hydrogen-bond donors (Lipinski definition) is 1. The third kappa shape index (κ3) is 5.29. The van der Waals surface area contributed by atoms with Gasteiger partial charge < -0.3 is 10.5 Å². The maximum absolute atomic E-state index is 13.3. The van der Waals surface area contributed by atoms with Gasteiger partial charge in [-0.05, 0) is 23.5 Å². The van der Waals surface area contributed by atoms with Gasteiger partial charge in [-0.1, -0.05) is 5.56 Å². The van der Waals surface area contributed by atoms with E-state index in [1.807, 2.05) is 0 Å². The third-order valence-electron chi connectivity index (χ3n) is 4.28. The third-order valence-corrected chi connectivity index (χ3v) is 4.28. The highest BCUT2D eigenvalue weighted by Gasteiger charge is 2.21. The van der Waals surface area contributed by atoms with Gasteiger partial charge in [0.1, 0.15) is 40.8 Å². The van der Waals surface area contributed by atoms with Crippen molar-refractivity contribution in [3.63, 3.8) is 0 Å². The monoisotopic (exact) mass is 418 g/mol. The van der Waals surface area contributed by atoms with Crippen LogP contribution in [0.1, 0.15) is 17.7 Å².